The Bertz CT molecular complexity index is 576. The van der Waals surface area contributed by atoms with Gasteiger partial charge >= 0.3 is 0 Å². The van der Waals surface area contributed by atoms with Crippen LogP contribution < -0.4 is 0 Å². The van der Waals surface area contributed by atoms with Gasteiger partial charge in [-0.25, -0.2) is 18.7 Å². The number of nitrogens with zero attached hydrogens (tertiary/aromatic N) is 3. The lowest BCUT2D eigenvalue weighted by Gasteiger charge is -2.04. The molecule has 0 aliphatic carbocycles. The molecule has 1 heterocycles. The minimum absolute atomic E-state index is 0.245. The van der Waals surface area contributed by atoms with Crippen molar-refractivity contribution in [2.24, 2.45) is 0 Å². The SMILES string of the molecule is O=[N+]([O-])c1ccc(-c2ncccn2)cc1C(F)F. The normalized spacial score (nSPS) is 10.6. The Labute approximate surface area is 100 Å². The van der Waals surface area contributed by atoms with E-state index >= 15 is 0 Å². The van der Waals surface area contributed by atoms with Crippen LogP contribution in [0.1, 0.15) is 12.0 Å². The van der Waals surface area contributed by atoms with E-state index in [-0.39, 0.29) is 5.82 Å². The van der Waals surface area contributed by atoms with Crippen molar-refractivity contribution in [1.82, 2.24) is 9.97 Å². The molecule has 2 rings (SSSR count). The predicted octanol–water partition coefficient (Wildman–Crippen LogP) is 2.99. The summed E-state index contributed by atoms with van der Waals surface area (Å²) in [6, 6.07) is 5.01. The fraction of sp³-hybridized carbons (Fsp3) is 0.0909. The van der Waals surface area contributed by atoms with Crippen molar-refractivity contribution in [2.45, 2.75) is 6.43 Å². The summed E-state index contributed by atoms with van der Waals surface area (Å²) in [6.07, 6.45) is 0.00600. The zero-order valence-electron chi connectivity index (χ0n) is 8.96. The summed E-state index contributed by atoms with van der Waals surface area (Å²) in [4.78, 5) is 17.6. The molecule has 0 unspecified atom stereocenters. The fourth-order valence-electron chi connectivity index (χ4n) is 1.48. The average molecular weight is 251 g/mol. The lowest BCUT2D eigenvalue weighted by Crippen LogP contribution is -1.97. The Morgan fingerprint density at radius 3 is 2.44 bits per heavy atom. The molecule has 0 atom stereocenters. The highest BCUT2D eigenvalue weighted by molar-refractivity contribution is 5.60. The van der Waals surface area contributed by atoms with Gasteiger partial charge in [0.2, 0.25) is 0 Å². The Hall–Kier alpha value is -2.44. The molecule has 0 radical (unpaired) electrons. The van der Waals surface area contributed by atoms with E-state index < -0.39 is 22.6 Å². The number of rotatable bonds is 3. The molecular formula is C11H7F2N3O2. The second kappa shape index (κ2) is 4.82. The van der Waals surface area contributed by atoms with Crippen molar-refractivity contribution in [3.05, 3.63) is 52.3 Å². The van der Waals surface area contributed by atoms with E-state index in [1.165, 1.54) is 18.5 Å². The number of hydrogen-bond donors (Lipinski definition) is 0. The van der Waals surface area contributed by atoms with Crippen LogP contribution in [0.5, 0.6) is 0 Å². The van der Waals surface area contributed by atoms with Crippen molar-refractivity contribution < 1.29 is 13.7 Å². The quantitative estimate of drug-likeness (QED) is 0.621. The van der Waals surface area contributed by atoms with Gasteiger partial charge in [-0.1, -0.05) is 0 Å². The summed E-state index contributed by atoms with van der Waals surface area (Å²) in [6.45, 7) is 0. The van der Waals surface area contributed by atoms with Crippen molar-refractivity contribution in [3.63, 3.8) is 0 Å². The molecule has 0 aliphatic heterocycles. The topological polar surface area (TPSA) is 68.9 Å². The fourth-order valence-corrected chi connectivity index (χ4v) is 1.48. The van der Waals surface area contributed by atoms with Gasteiger partial charge in [0.1, 0.15) is 0 Å². The highest BCUT2D eigenvalue weighted by Gasteiger charge is 2.22. The van der Waals surface area contributed by atoms with E-state index in [2.05, 4.69) is 9.97 Å². The second-order valence-electron chi connectivity index (χ2n) is 3.40. The maximum atomic E-state index is 12.7. The van der Waals surface area contributed by atoms with Gasteiger partial charge in [-0.15, -0.1) is 0 Å². The number of hydrogen-bond acceptors (Lipinski definition) is 4. The van der Waals surface area contributed by atoms with Crippen molar-refractivity contribution in [2.75, 3.05) is 0 Å². The van der Waals surface area contributed by atoms with Gasteiger partial charge in [-0.2, -0.15) is 0 Å². The van der Waals surface area contributed by atoms with E-state index in [0.29, 0.717) is 5.56 Å². The molecule has 0 fully saturated rings. The summed E-state index contributed by atoms with van der Waals surface area (Å²) < 4.78 is 25.5. The molecule has 5 nitrogen and oxygen atoms in total. The number of halogens is 2. The first-order chi connectivity index (χ1) is 8.59. The van der Waals surface area contributed by atoms with E-state index in [1.54, 1.807) is 6.07 Å². The third-order valence-electron chi connectivity index (χ3n) is 2.28. The Kier molecular flexibility index (Phi) is 3.22. The van der Waals surface area contributed by atoms with Crippen LogP contribution in [0.15, 0.2) is 36.7 Å². The number of benzene rings is 1. The lowest BCUT2D eigenvalue weighted by atomic mass is 10.1. The zero-order chi connectivity index (χ0) is 13.1. The summed E-state index contributed by atoms with van der Waals surface area (Å²) in [5.74, 6) is 0.245. The largest absolute Gasteiger partial charge is 0.278 e. The number of nitro groups is 1. The van der Waals surface area contributed by atoms with Crippen LogP contribution in [-0.2, 0) is 0 Å². The van der Waals surface area contributed by atoms with Gasteiger partial charge in [0.25, 0.3) is 12.1 Å². The monoisotopic (exact) mass is 251 g/mol. The third kappa shape index (κ3) is 2.29. The van der Waals surface area contributed by atoms with Crippen molar-refractivity contribution >= 4 is 5.69 Å². The minimum Gasteiger partial charge on any atom is -0.258 e. The number of alkyl halides is 2. The van der Waals surface area contributed by atoms with Crippen LogP contribution in [0.3, 0.4) is 0 Å². The first-order valence-corrected chi connectivity index (χ1v) is 4.93. The van der Waals surface area contributed by atoms with Gasteiger partial charge in [-0.3, -0.25) is 10.1 Å². The highest BCUT2D eigenvalue weighted by Crippen LogP contribution is 2.31. The van der Waals surface area contributed by atoms with Gasteiger partial charge in [0.05, 0.1) is 10.5 Å². The van der Waals surface area contributed by atoms with Crippen molar-refractivity contribution in [1.29, 1.82) is 0 Å². The van der Waals surface area contributed by atoms with Gasteiger partial charge < -0.3 is 0 Å². The smallest absolute Gasteiger partial charge is 0.258 e. The van der Waals surface area contributed by atoms with E-state index in [9.17, 15) is 18.9 Å². The summed E-state index contributed by atoms with van der Waals surface area (Å²) in [7, 11) is 0. The molecule has 0 spiro atoms. The summed E-state index contributed by atoms with van der Waals surface area (Å²) in [5.41, 5.74) is -0.925. The first kappa shape index (κ1) is 12.0. The lowest BCUT2D eigenvalue weighted by molar-refractivity contribution is -0.386. The molecule has 0 aliphatic rings. The molecule has 2 aromatic rings. The molecule has 1 aromatic carbocycles. The van der Waals surface area contributed by atoms with Gasteiger partial charge in [0, 0.05) is 24.0 Å². The molecule has 1 aromatic heterocycles. The summed E-state index contributed by atoms with van der Waals surface area (Å²) in [5, 5.41) is 10.6. The van der Waals surface area contributed by atoms with Crippen molar-refractivity contribution in [3.8, 4) is 11.4 Å². The maximum absolute atomic E-state index is 12.7. The first-order valence-electron chi connectivity index (χ1n) is 4.93. The molecule has 7 heteroatoms. The van der Waals surface area contributed by atoms with Gasteiger partial charge in [-0.05, 0) is 18.2 Å². The highest BCUT2D eigenvalue weighted by atomic mass is 19.3. The summed E-state index contributed by atoms with van der Waals surface area (Å²) >= 11 is 0. The van der Waals surface area contributed by atoms with Crippen LogP contribution in [0.2, 0.25) is 0 Å². The average Bonchev–Trinajstić information content (AvgIpc) is 2.39. The molecule has 0 amide bonds. The molecule has 0 N–H and O–H groups in total. The number of nitro benzene ring substituents is 1. The standard InChI is InChI=1S/C11H7F2N3O2/c12-10(13)8-6-7(2-3-9(8)16(17)18)11-14-4-1-5-15-11/h1-6,10H. The van der Waals surface area contributed by atoms with Crippen LogP contribution in [0.4, 0.5) is 14.5 Å². The van der Waals surface area contributed by atoms with E-state index in [4.69, 9.17) is 0 Å². The molecule has 92 valence electrons. The maximum Gasteiger partial charge on any atom is 0.278 e. The van der Waals surface area contributed by atoms with Gasteiger partial charge in [0.15, 0.2) is 5.82 Å². The van der Waals surface area contributed by atoms with Crippen LogP contribution in [0.25, 0.3) is 11.4 Å². The van der Waals surface area contributed by atoms with E-state index in [1.807, 2.05) is 0 Å². The molecule has 0 saturated heterocycles. The van der Waals surface area contributed by atoms with Crippen LogP contribution >= 0.6 is 0 Å². The Balaban J connectivity index is 2.54. The Morgan fingerprint density at radius 1 is 1.22 bits per heavy atom. The van der Waals surface area contributed by atoms with E-state index in [0.717, 1.165) is 12.1 Å². The Morgan fingerprint density at radius 2 is 1.89 bits per heavy atom. The minimum atomic E-state index is -2.92. The molecule has 18 heavy (non-hydrogen) atoms. The molecule has 0 bridgehead atoms. The second-order valence-corrected chi connectivity index (χ2v) is 3.40. The molecule has 0 saturated carbocycles. The third-order valence-corrected chi connectivity index (χ3v) is 2.28. The van der Waals surface area contributed by atoms with Crippen LogP contribution in [0, 0.1) is 10.1 Å². The van der Waals surface area contributed by atoms with Crippen LogP contribution in [-0.4, -0.2) is 14.9 Å². The number of aromatic nitrogens is 2. The molecular weight excluding hydrogens is 244 g/mol. The zero-order valence-corrected chi connectivity index (χ0v) is 8.96. The predicted molar refractivity (Wildman–Crippen MR) is 59.1 cm³/mol.